The molecular formula is C27H34N2O3S. The van der Waals surface area contributed by atoms with Crippen molar-refractivity contribution in [2.24, 2.45) is 5.92 Å². The predicted molar refractivity (Wildman–Crippen MR) is 133 cm³/mol. The summed E-state index contributed by atoms with van der Waals surface area (Å²) in [4.78, 5) is 4.66. The molecule has 176 valence electrons. The third kappa shape index (κ3) is 4.92. The number of aryl methyl sites for hydroxylation is 1. The first-order valence-electron chi connectivity index (χ1n) is 11.6. The summed E-state index contributed by atoms with van der Waals surface area (Å²) >= 11 is 0. The van der Waals surface area contributed by atoms with Crippen molar-refractivity contribution >= 4 is 20.8 Å². The second-order valence-electron chi connectivity index (χ2n) is 9.18. The second-order valence-corrected chi connectivity index (χ2v) is 11.1. The van der Waals surface area contributed by atoms with E-state index in [1.807, 2.05) is 43.3 Å². The van der Waals surface area contributed by atoms with Crippen molar-refractivity contribution in [1.82, 2.24) is 9.29 Å². The fourth-order valence-electron chi connectivity index (χ4n) is 5.22. The van der Waals surface area contributed by atoms with Gasteiger partial charge < -0.3 is 4.74 Å². The van der Waals surface area contributed by atoms with Crippen LogP contribution < -0.4 is 4.74 Å². The molecule has 2 unspecified atom stereocenters. The molecule has 2 bridgehead atoms. The van der Waals surface area contributed by atoms with Gasteiger partial charge in [-0.3, -0.25) is 4.98 Å². The molecule has 2 heterocycles. The molecule has 0 spiro atoms. The summed E-state index contributed by atoms with van der Waals surface area (Å²) in [6, 6.07) is 15.4. The van der Waals surface area contributed by atoms with Gasteiger partial charge in [-0.15, -0.1) is 0 Å². The predicted octanol–water partition coefficient (Wildman–Crippen LogP) is 6.10. The Morgan fingerprint density at radius 1 is 1.06 bits per heavy atom. The van der Waals surface area contributed by atoms with Gasteiger partial charge in [0.05, 0.1) is 4.90 Å². The van der Waals surface area contributed by atoms with Crippen LogP contribution >= 0.6 is 0 Å². The molecule has 1 saturated carbocycles. The highest BCUT2D eigenvalue weighted by molar-refractivity contribution is 7.89. The maximum atomic E-state index is 13.8. The van der Waals surface area contributed by atoms with Gasteiger partial charge in [-0.05, 0) is 56.0 Å². The van der Waals surface area contributed by atoms with Crippen molar-refractivity contribution in [2.45, 2.75) is 70.4 Å². The number of hydrogen-bond donors (Lipinski definition) is 0. The number of aromatic nitrogens is 1. The Labute approximate surface area is 197 Å². The average Bonchev–Trinajstić information content (AvgIpc) is 2.95. The Balaban J connectivity index is 0.00000259. The zero-order valence-electron chi connectivity index (χ0n) is 18.5. The molecular weight excluding hydrogens is 432 g/mol. The zero-order valence-corrected chi connectivity index (χ0v) is 19.4. The van der Waals surface area contributed by atoms with Crippen molar-refractivity contribution in [3.63, 3.8) is 0 Å². The average molecular weight is 467 g/mol. The summed E-state index contributed by atoms with van der Waals surface area (Å²) < 4.78 is 35.5. The minimum absolute atomic E-state index is 0. The molecule has 33 heavy (non-hydrogen) atoms. The fourth-order valence-corrected chi connectivity index (χ4v) is 6.98. The molecule has 2 aliphatic rings. The molecule has 6 heteroatoms. The number of pyridine rings is 1. The summed E-state index contributed by atoms with van der Waals surface area (Å²) in [5.74, 6) is 1.27. The number of ether oxygens (including phenoxy) is 1. The van der Waals surface area contributed by atoms with Gasteiger partial charge in [0.25, 0.3) is 0 Å². The van der Waals surface area contributed by atoms with Gasteiger partial charge in [0.2, 0.25) is 10.0 Å². The molecule has 0 amide bonds. The number of benzene rings is 2. The highest BCUT2D eigenvalue weighted by Gasteiger charge is 2.37. The molecule has 0 N–H and O–H groups in total. The molecule has 2 atom stereocenters. The normalized spacial score (nSPS) is 21.2. The number of fused-ring (bicyclic) bond motifs is 3. The van der Waals surface area contributed by atoms with Crippen LogP contribution in [0.1, 0.15) is 57.2 Å². The fraction of sp³-hybridized carbons (Fsp3) is 0.444. The first-order valence-corrected chi connectivity index (χ1v) is 13.0. The van der Waals surface area contributed by atoms with Crippen LogP contribution in [-0.2, 0) is 16.6 Å². The Kier molecular flexibility index (Phi) is 7.05. The summed E-state index contributed by atoms with van der Waals surface area (Å²) in [5.41, 5.74) is 1.91. The molecule has 2 aromatic carbocycles. The summed E-state index contributed by atoms with van der Waals surface area (Å²) in [6.07, 6.45) is 8.21. The van der Waals surface area contributed by atoms with E-state index < -0.39 is 10.0 Å². The maximum Gasteiger partial charge on any atom is 0.243 e. The lowest BCUT2D eigenvalue weighted by Crippen LogP contribution is -2.41. The molecule has 5 nitrogen and oxygen atoms in total. The monoisotopic (exact) mass is 466 g/mol. The zero-order chi connectivity index (χ0) is 22.1. The maximum absolute atomic E-state index is 13.8. The quantitative estimate of drug-likeness (QED) is 0.456. The SMILES string of the molecule is C.Cc1ccc(COc2cc(S(=O)(=O)N3CCCC4CCCC3C4)cc3ccccc23)cn1. The van der Waals surface area contributed by atoms with E-state index in [9.17, 15) is 8.42 Å². The van der Waals surface area contributed by atoms with Crippen LogP contribution in [0.25, 0.3) is 10.8 Å². The lowest BCUT2D eigenvalue weighted by molar-refractivity contribution is 0.238. The minimum Gasteiger partial charge on any atom is -0.488 e. The lowest BCUT2D eigenvalue weighted by atomic mass is 9.84. The molecule has 1 aromatic heterocycles. The Morgan fingerprint density at radius 3 is 2.70 bits per heavy atom. The van der Waals surface area contributed by atoms with E-state index >= 15 is 0 Å². The van der Waals surface area contributed by atoms with Gasteiger partial charge in [0, 0.05) is 41.5 Å². The summed E-state index contributed by atoms with van der Waals surface area (Å²) in [5, 5.41) is 1.79. The van der Waals surface area contributed by atoms with E-state index in [2.05, 4.69) is 4.98 Å². The van der Waals surface area contributed by atoms with Gasteiger partial charge in [-0.25, -0.2) is 8.42 Å². The van der Waals surface area contributed by atoms with E-state index in [-0.39, 0.29) is 13.5 Å². The van der Waals surface area contributed by atoms with Crippen LogP contribution in [0.2, 0.25) is 0 Å². The molecule has 2 fully saturated rings. The van der Waals surface area contributed by atoms with E-state index in [4.69, 9.17) is 4.74 Å². The molecule has 1 aliphatic heterocycles. The molecule has 0 radical (unpaired) electrons. The highest BCUT2D eigenvalue weighted by Crippen LogP contribution is 2.38. The van der Waals surface area contributed by atoms with Gasteiger partial charge in [0.1, 0.15) is 12.4 Å². The third-order valence-corrected chi connectivity index (χ3v) is 8.85. The smallest absolute Gasteiger partial charge is 0.243 e. The van der Waals surface area contributed by atoms with Crippen LogP contribution in [-0.4, -0.2) is 30.3 Å². The molecule has 1 aliphatic carbocycles. The highest BCUT2D eigenvalue weighted by atomic mass is 32.2. The van der Waals surface area contributed by atoms with Gasteiger partial charge in [-0.1, -0.05) is 50.6 Å². The number of rotatable bonds is 5. The van der Waals surface area contributed by atoms with E-state index in [0.29, 0.717) is 29.7 Å². The Morgan fingerprint density at radius 2 is 1.88 bits per heavy atom. The van der Waals surface area contributed by atoms with Crippen LogP contribution in [0.3, 0.4) is 0 Å². The van der Waals surface area contributed by atoms with E-state index in [1.54, 1.807) is 22.6 Å². The molecule has 5 rings (SSSR count). The minimum atomic E-state index is -3.60. The van der Waals surface area contributed by atoms with Gasteiger partial charge >= 0.3 is 0 Å². The van der Waals surface area contributed by atoms with E-state index in [1.165, 1.54) is 6.42 Å². The lowest BCUT2D eigenvalue weighted by Gasteiger charge is -2.33. The summed E-state index contributed by atoms with van der Waals surface area (Å²) in [7, 11) is -3.60. The first-order chi connectivity index (χ1) is 15.5. The standard InChI is InChI=1S/C26H30N2O3S.CH4/c1-19-11-12-21(17-27-19)18-31-26-16-24(15-22-8-2-3-10-25(22)26)32(29,30)28-13-5-7-20-6-4-9-23(28)14-20;/h2-3,8,10-12,15-17,20,23H,4-7,9,13-14,18H2,1H3;1H4. The van der Waals surface area contributed by atoms with Crippen molar-refractivity contribution in [3.05, 3.63) is 66.0 Å². The third-order valence-electron chi connectivity index (χ3n) is 6.92. The van der Waals surface area contributed by atoms with Gasteiger partial charge in [0.15, 0.2) is 0 Å². The topological polar surface area (TPSA) is 59.5 Å². The first kappa shape index (κ1) is 23.7. The number of nitrogens with zero attached hydrogens (tertiary/aromatic N) is 2. The number of sulfonamides is 1. The van der Waals surface area contributed by atoms with Crippen molar-refractivity contribution in [3.8, 4) is 5.75 Å². The van der Waals surface area contributed by atoms with Gasteiger partial charge in [-0.2, -0.15) is 4.31 Å². The van der Waals surface area contributed by atoms with Crippen LogP contribution in [0.5, 0.6) is 5.75 Å². The molecule has 3 aromatic rings. The van der Waals surface area contributed by atoms with Crippen LogP contribution in [0, 0.1) is 12.8 Å². The van der Waals surface area contributed by atoms with Crippen LogP contribution in [0.4, 0.5) is 0 Å². The second kappa shape index (κ2) is 9.82. The van der Waals surface area contributed by atoms with Crippen molar-refractivity contribution in [2.75, 3.05) is 6.54 Å². The molecule has 1 saturated heterocycles. The van der Waals surface area contributed by atoms with Crippen molar-refractivity contribution < 1.29 is 13.2 Å². The summed E-state index contributed by atoms with van der Waals surface area (Å²) in [6.45, 7) is 2.90. The Bertz CT molecular complexity index is 1210. The Hall–Kier alpha value is -2.44. The van der Waals surface area contributed by atoms with E-state index in [0.717, 1.165) is 54.1 Å². The number of hydrogen-bond acceptors (Lipinski definition) is 4. The largest absolute Gasteiger partial charge is 0.488 e. The van der Waals surface area contributed by atoms with Crippen molar-refractivity contribution in [1.29, 1.82) is 0 Å². The van der Waals surface area contributed by atoms with Crippen LogP contribution in [0.15, 0.2) is 59.6 Å².